The summed E-state index contributed by atoms with van der Waals surface area (Å²) in [6.07, 6.45) is 4.41. The van der Waals surface area contributed by atoms with Crippen molar-refractivity contribution >= 4 is 22.5 Å². The van der Waals surface area contributed by atoms with Crippen molar-refractivity contribution in [1.29, 1.82) is 0 Å². The van der Waals surface area contributed by atoms with Crippen molar-refractivity contribution in [2.24, 2.45) is 0 Å². The zero-order valence-corrected chi connectivity index (χ0v) is 14.7. The van der Waals surface area contributed by atoms with Crippen LogP contribution < -0.4 is 0 Å². The lowest BCUT2D eigenvalue weighted by Crippen LogP contribution is -2.07. The van der Waals surface area contributed by atoms with E-state index in [0.29, 0.717) is 6.04 Å². The molecule has 3 aromatic rings. The molecule has 116 valence electrons. The zero-order chi connectivity index (χ0) is 15.9. The first kappa shape index (κ1) is 15.2. The number of aromatic nitrogens is 4. The van der Waals surface area contributed by atoms with E-state index in [1.165, 1.54) is 5.56 Å². The van der Waals surface area contributed by atoms with Crippen LogP contribution in [0.5, 0.6) is 0 Å². The van der Waals surface area contributed by atoms with Crippen LogP contribution in [-0.4, -0.2) is 19.5 Å². The molecule has 0 saturated heterocycles. The number of hydrogen-bond donors (Lipinski definition) is 0. The van der Waals surface area contributed by atoms with E-state index >= 15 is 0 Å². The molecule has 0 aliphatic rings. The molecule has 3 heterocycles. The maximum absolute atomic E-state index is 4.94. The summed E-state index contributed by atoms with van der Waals surface area (Å²) in [6, 6.07) is 0.487. The van der Waals surface area contributed by atoms with E-state index in [0.717, 1.165) is 46.0 Å². The zero-order valence-electron chi connectivity index (χ0n) is 13.8. The molecule has 5 heteroatoms. The van der Waals surface area contributed by atoms with Crippen LogP contribution in [0.2, 0.25) is 0 Å². The molecule has 3 rings (SSSR count). The smallest absolute Gasteiger partial charge is 0.159 e. The second kappa shape index (κ2) is 5.80. The standard InChI is InChI=1S/C17H22N4S/c1-6-13(7-2)21-8-10(3)14-17(21)19-11(4)15(20-14)16-12(5)18-9-22-16/h8-9,13H,6-7H2,1-5H3. The third kappa shape index (κ3) is 2.33. The second-order valence-corrected chi connectivity index (χ2v) is 6.64. The fourth-order valence-electron chi connectivity index (χ4n) is 2.99. The van der Waals surface area contributed by atoms with Gasteiger partial charge in [-0.3, -0.25) is 0 Å². The Bertz CT molecular complexity index is 812. The quantitative estimate of drug-likeness (QED) is 0.692. The number of aryl methyl sites for hydroxylation is 3. The Morgan fingerprint density at radius 3 is 2.41 bits per heavy atom. The normalized spacial score (nSPS) is 11.7. The molecule has 0 aromatic carbocycles. The molecule has 0 bridgehead atoms. The molecule has 0 fully saturated rings. The Morgan fingerprint density at radius 1 is 1.09 bits per heavy atom. The van der Waals surface area contributed by atoms with Crippen LogP contribution in [0, 0.1) is 20.8 Å². The first-order valence-electron chi connectivity index (χ1n) is 7.83. The molecule has 3 aromatic heterocycles. The summed E-state index contributed by atoms with van der Waals surface area (Å²) in [5.74, 6) is 0. The Labute approximate surface area is 135 Å². The summed E-state index contributed by atoms with van der Waals surface area (Å²) in [7, 11) is 0. The lowest BCUT2D eigenvalue weighted by Gasteiger charge is -2.16. The summed E-state index contributed by atoms with van der Waals surface area (Å²) in [5, 5.41) is 0. The van der Waals surface area contributed by atoms with Crippen LogP contribution in [0.15, 0.2) is 11.7 Å². The number of rotatable bonds is 4. The average Bonchev–Trinajstić information content (AvgIpc) is 3.05. The summed E-state index contributed by atoms with van der Waals surface area (Å²) >= 11 is 1.63. The number of fused-ring (bicyclic) bond motifs is 1. The van der Waals surface area contributed by atoms with Crippen molar-refractivity contribution in [1.82, 2.24) is 19.5 Å². The summed E-state index contributed by atoms with van der Waals surface area (Å²) in [4.78, 5) is 15.3. The third-order valence-electron chi connectivity index (χ3n) is 4.30. The highest BCUT2D eigenvalue weighted by Crippen LogP contribution is 2.31. The van der Waals surface area contributed by atoms with Gasteiger partial charge in [0.15, 0.2) is 5.65 Å². The maximum Gasteiger partial charge on any atom is 0.159 e. The van der Waals surface area contributed by atoms with Gasteiger partial charge in [0.1, 0.15) is 11.2 Å². The van der Waals surface area contributed by atoms with Crippen LogP contribution >= 0.6 is 11.3 Å². The minimum absolute atomic E-state index is 0.487. The van der Waals surface area contributed by atoms with Crippen molar-refractivity contribution in [3.8, 4) is 10.6 Å². The van der Waals surface area contributed by atoms with E-state index in [1.54, 1.807) is 11.3 Å². The molecule has 0 amide bonds. The van der Waals surface area contributed by atoms with Crippen LogP contribution in [0.3, 0.4) is 0 Å². The number of hydrogen-bond acceptors (Lipinski definition) is 4. The van der Waals surface area contributed by atoms with Gasteiger partial charge in [-0.05, 0) is 39.2 Å². The molecule has 0 aliphatic heterocycles. The molecule has 0 saturated carbocycles. The third-order valence-corrected chi connectivity index (χ3v) is 5.23. The number of thiazole rings is 1. The minimum atomic E-state index is 0.487. The van der Waals surface area contributed by atoms with E-state index in [-0.39, 0.29) is 0 Å². The van der Waals surface area contributed by atoms with Gasteiger partial charge in [0.05, 0.1) is 21.8 Å². The molecule has 0 N–H and O–H groups in total. The summed E-state index contributed by atoms with van der Waals surface area (Å²) in [5.41, 5.74) is 8.06. The van der Waals surface area contributed by atoms with E-state index < -0.39 is 0 Å². The summed E-state index contributed by atoms with van der Waals surface area (Å²) in [6.45, 7) is 10.6. The Hall–Kier alpha value is -1.75. The van der Waals surface area contributed by atoms with Gasteiger partial charge < -0.3 is 4.57 Å². The Morgan fingerprint density at radius 2 is 1.82 bits per heavy atom. The molecule has 4 nitrogen and oxygen atoms in total. The number of nitrogens with zero attached hydrogens (tertiary/aromatic N) is 4. The van der Waals surface area contributed by atoms with E-state index in [9.17, 15) is 0 Å². The molecule has 0 unspecified atom stereocenters. The van der Waals surface area contributed by atoms with Gasteiger partial charge in [-0.25, -0.2) is 15.0 Å². The largest absolute Gasteiger partial charge is 0.328 e. The molecule has 0 radical (unpaired) electrons. The SMILES string of the molecule is CCC(CC)n1cc(C)c2nc(-c3scnc3C)c(C)nc21. The maximum atomic E-state index is 4.94. The van der Waals surface area contributed by atoms with E-state index in [4.69, 9.17) is 9.97 Å². The van der Waals surface area contributed by atoms with Gasteiger partial charge in [0, 0.05) is 12.2 Å². The average molecular weight is 314 g/mol. The molecule has 0 aliphatic carbocycles. The minimum Gasteiger partial charge on any atom is -0.328 e. The molecular weight excluding hydrogens is 292 g/mol. The highest BCUT2D eigenvalue weighted by molar-refractivity contribution is 7.13. The van der Waals surface area contributed by atoms with Gasteiger partial charge in [0.25, 0.3) is 0 Å². The Kier molecular flexibility index (Phi) is 4.00. The van der Waals surface area contributed by atoms with Crippen LogP contribution in [0.1, 0.15) is 49.7 Å². The lowest BCUT2D eigenvalue weighted by atomic mass is 10.2. The molecule has 0 spiro atoms. The van der Waals surface area contributed by atoms with Crippen molar-refractivity contribution < 1.29 is 0 Å². The molecular formula is C17H22N4S. The van der Waals surface area contributed by atoms with Gasteiger partial charge in [-0.15, -0.1) is 11.3 Å². The van der Waals surface area contributed by atoms with Crippen LogP contribution in [-0.2, 0) is 0 Å². The second-order valence-electron chi connectivity index (χ2n) is 5.79. The first-order valence-corrected chi connectivity index (χ1v) is 8.71. The lowest BCUT2D eigenvalue weighted by molar-refractivity contribution is 0.482. The monoisotopic (exact) mass is 314 g/mol. The molecule has 22 heavy (non-hydrogen) atoms. The van der Waals surface area contributed by atoms with Gasteiger partial charge in [0.2, 0.25) is 0 Å². The van der Waals surface area contributed by atoms with Crippen molar-refractivity contribution in [2.45, 2.75) is 53.5 Å². The Balaban J connectivity index is 2.24. The molecule has 0 atom stereocenters. The van der Waals surface area contributed by atoms with Gasteiger partial charge in [-0.2, -0.15) is 0 Å². The van der Waals surface area contributed by atoms with Crippen molar-refractivity contribution in [3.05, 3.63) is 28.7 Å². The fourth-order valence-corrected chi connectivity index (χ4v) is 3.83. The van der Waals surface area contributed by atoms with Crippen LogP contribution in [0.25, 0.3) is 21.7 Å². The topological polar surface area (TPSA) is 43.6 Å². The van der Waals surface area contributed by atoms with Gasteiger partial charge >= 0.3 is 0 Å². The van der Waals surface area contributed by atoms with Crippen molar-refractivity contribution in [2.75, 3.05) is 0 Å². The summed E-state index contributed by atoms with van der Waals surface area (Å²) < 4.78 is 2.30. The van der Waals surface area contributed by atoms with Crippen molar-refractivity contribution in [3.63, 3.8) is 0 Å². The fraction of sp³-hybridized carbons (Fsp3) is 0.471. The first-order chi connectivity index (χ1) is 10.6. The predicted octanol–water partition coefficient (Wildman–Crippen LogP) is 4.84. The highest BCUT2D eigenvalue weighted by Gasteiger charge is 2.18. The van der Waals surface area contributed by atoms with Gasteiger partial charge in [-0.1, -0.05) is 13.8 Å². The van der Waals surface area contributed by atoms with E-state index in [2.05, 4.69) is 36.5 Å². The highest BCUT2D eigenvalue weighted by atomic mass is 32.1. The van der Waals surface area contributed by atoms with E-state index in [1.807, 2.05) is 19.4 Å². The van der Waals surface area contributed by atoms with Crippen LogP contribution in [0.4, 0.5) is 0 Å². The predicted molar refractivity (Wildman–Crippen MR) is 92.5 cm³/mol.